The highest BCUT2D eigenvalue weighted by Gasteiger charge is 2.38. The van der Waals surface area contributed by atoms with Crippen LogP contribution in [0, 0.1) is 5.92 Å². The molecule has 3 atom stereocenters. The van der Waals surface area contributed by atoms with Crippen molar-refractivity contribution in [3.05, 3.63) is 22.4 Å². The van der Waals surface area contributed by atoms with Gasteiger partial charge in [-0.3, -0.25) is 4.90 Å². The molecule has 0 bridgehead atoms. The number of hydrogen-bond donors (Lipinski definition) is 1. The van der Waals surface area contributed by atoms with Crippen LogP contribution in [0.3, 0.4) is 0 Å². The molecular weight excluding hydrogens is 240 g/mol. The highest BCUT2D eigenvalue weighted by Crippen LogP contribution is 2.37. The maximum absolute atomic E-state index is 3.77. The third-order valence-electron chi connectivity index (χ3n) is 4.61. The van der Waals surface area contributed by atoms with Gasteiger partial charge in [0.05, 0.1) is 0 Å². The molecule has 2 nitrogen and oxygen atoms in total. The molecule has 1 saturated carbocycles. The van der Waals surface area contributed by atoms with Gasteiger partial charge >= 0.3 is 0 Å². The quantitative estimate of drug-likeness (QED) is 0.898. The number of nitrogens with zero attached hydrogens (tertiary/aromatic N) is 1. The Morgan fingerprint density at radius 2 is 2.33 bits per heavy atom. The van der Waals surface area contributed by atoms with Gasteiger partial charge in [0.15, 0.2) is 0 Å². The van der Waals surface area contributed by atoms with E-state index < -0.39 is 0 Å². The number of piperazine rings is 1. The molecule has 1 aromatic heterocycles. The first kappa shape index (κ1) is 12.6. The number of rotatable bonds is 4. The fourth-order valence-corrected chi connectivity index (χ4v) is 4.01. The topological polar surface area (TPSA) is 15.3 Å². The van der Waals surface area contributed by atoms with Gasteiger partial charge in [0, 0.05) is 36.1 Å². The average molecular weight is 264 g/mol. The normalized spacial score (nSPS) is 31.4. The van der Waals surface area contributed by atoms with Crippen LogP contribution in [0.4, 0.5) is 0 Å². The standard InChI is InChI=1S/C15H24N2S/c1-3-13-9-16-14(12-6-7-12)10-17(13)11(2)15-5-4-8-18-15/h4-5,8,11-14,16H,3,6-7,9-10H2,1-2H3. The molecule has 100 valence electrons. The summed E-state index contributed by atoms with van der Waals surface area (Å²) in [6.45, 7) is 7.11. The molecule has 2 heterocycles. The smallest absolute Gasteiger partial charge is 0.0417 e. The number of nitrogens with one attached hydrogen (secondary N) is 1. The summed E-state index contributed by atoms with van der Waals surface area (Å²) >= 11 is 1.90. The molecule has 2 fully saturated rings. The van der Waals surface area contributed by atoms with Crippen LogP contribution in [0.1, 0.15) is 44.0 Å². The molecule has 1 aliphatic heterocycles. The Bertz CT molecular complexity index is 372. The zero-order chi connectivity index (χ0) is 12.5. The molecular formula is C15H24N2S. The molecule has 1 aliphatic carbocycles. The highest BCUT2D eigenvalue weighted by molar-refractivity contribution is 7.10. The van der Waals surface area contributed by atoms with E-state index in [1.165, 1.54) is 37.2 Å². The molecule has 0 amide bonds. The number of thiophene rings is 1. The first-order valence-electron chi connectivity index (χ1n) is 7.32. The van der Waals surface area contributed by atoms with Crippen LogP contribution in [0.5, 0.6) is 0 Å². The van der Waals surface area contributed by atoms with E-state index >= 15 is 0 Å². The first-order chi connectivity index (χ1) is 8.79. The van der Waals surface area contributed by atoms with Crippen molar-refractivity contribution in [2.75, 3.05) is 13.1 Å². The van der Waals surface area contributed by atoms with Gasteiger partial charge in [0.25, 0.3) is 0 Å². The van der Waals surface area contributed by atoms with Crippen molar-refractivity contribution < 1.29 is 0 Å². The van der Waals surface area contributed by atoms with Crippen LogP contribution in [0.2, 0.25) is 0 Å². The van der Waals surface area contributed by atoms with Crippen LogP contribution in [-0.4, -0.2) is 30.1 Å². The van der Waals surface area contributed by atoms with Gasteiger partial charge in [-0.15, -0.1) is 11.3 Å². The molecule has 18 heavy (non-hydrogen) atoms. The summed E-state index contributed by atoms with van der Waals surface area (Å²) in [7, 11) is 0. The van der Waals surface area contributed by atoms with Crippen molar-refractivity contribution in [1.29, 1.82) is 0 Å². The van der Waals surface area contributed by atoms with Crippen molar-refractivity contribution in [3.63, 3.8) is 0 Å². The van der Waals surface area contributed by atoms with E-state index in [9.17, 15) is 0 Å². The van der Waals surface area contributed by atoms with Crippen molar-refractivity contribution in [2.24, 2.45) is 5.92 Å². The molecule has 3 heteroatoms. The summed E-state index contributed by atoms with van der Waals surface area (Å²) in [5.74, 6) is 0.959. The van der Waals surface area contributed by atoms with Gasteiger partial charge in [-0.05, 0) is 43.6 Å². The van der Waals surface area contributed by atoms with E-state index in [0.29, 0.717) is 12.1 Å². The van der Waals surface area contributed by atoms with Gasteiger partial charge in [0.2, 0.25) is 0 Å². The third kappa shape index (κ3) is 2.49. The minimum absolute atomic E-state index is 0.582. The lowest BCUT2D eigenvalue weighted by Crippen LogP contribution is -2.57. The van der Waals surface area contributed by atoms with Gasteiger partial charge in [-0.25, -0.2) is 0 Å². The van der Waals surface area contributed by atoms with E-state index in [4.69, 9.17) is 0 Å². The Kier molecular flexibility index (Phi) is 3.73. The second-order valence-corrected chi connectivity index (χ2v) is 6.78. The average Bonchev–Trinajstić information content (AvgIpc) is 3.12. The third-order valence-corrected chi connectivity index (χ3v) is 5.65. The van der Waals surface area contributed by atoms with Crippen molar-refractivity contribution in [1.82, 2.24) is 10.2 Å². The summed E-state index contributed by atoms with van der Waals surface area (Å²) < 4.78 is 0. The predicted molar refractivity (Wildman–Crippen MR) is 78.0 cm³/mol. The van der Waals surface area contributed by atoms with Gasteiger partial charge < -0.3 is 5.32 Å². The second kappa shape index (κ2) is 5.32. The minimum Gasteiger partial charge on any atom is -0.311 e. The van der Waals surface area contributed by atoms with Crippen LogP contribution >= 0.6 is 11.3 Å². The molecule has 2 aliphatic rings. The van der Waals surface area contributed by atoms with Crippen molar-refractivity contribution >= 4 is 11.3 Å². The summed E-state index contributed by atoms with van der Waals surface area (Å²) in [5, 5.41) is 5.98. The molecule has 3 unspecified atom stereocenters. The fourth-order valence-electron chi connectivity index (χ4n) is 3.21. The Labute approximate surface area is 114 Å². The SMILES string of the molecule is CCC1CNC(C2CC2)CN1C(C)c1cccs1. The monoisotopic (exact) mass is 264 g/mol. The zero-order valence-corrected chi connectivity index (χ0v) is 12.2. The summed E-state index contributed by atoms with van der Waals surface area (Å²) in [6.07, 6.45) is 4.13. The lowest BCUT2D eigenvalue weighted by molar-refractivity contribution is 0.0817. The molecule has 0 radical (unpaired) electrons. The van der Waals surface area contributed by atoms with E-state index in [0.717, 1.165) is 12.0 Å². The van der Waals surface area contributed by atoms with Crippen LogP contribution in [0.25, 0.3) is 0 Å². The van der Waals surface area contributed by atoms with Gasteiger partial charge in [-0.1, -0.05) is 13.0 Å². The summed E-state index contributed by atoms with van der Waals surface area (Å²) in [6, 6.07) is 6.50. The molecule has 0 aromatic carbocycles. The highest BCUT2D eigenvalue weighted by atomic mass is 32.1. The predicted octanol–water partition coefficient (Wildman–Crippen LogP) is 3.27. The lowest BCUT2D eigenvalue weighted by atomic mass is 10.0. The number of hydrogen-bond acceptors (Lipinski definition) is 3. The maximum atomic E-state index is 3.77. The van der Waals surface area contributed by atoms with Crippen LogP contribution in [-0.2, 0) is 0 Å². The Morgan fingerprint density at radius 3 is 2.94 bits per heavy atom. The fraction of sp³-hybridized carbons (Fsp3) is 0.733. The lowest BCUT2D eigenvalue weighted by Gasteiger charge is -2.43. The summed E-state index contributed by atoms with van der Waals surface area (Å²) in [5.41, 5.74) is 0. The van der Waals surface area contributed by atoms with E-state index in [1.807, 2.05) is 11.3 Å². The molecule has 3 rings (SSSR count). The zero-order valence-electron chi connectivity index (χ0n) is 11.4. The molecule has 0 spiro atoms. The minimum atomic E-state index is 0.582. The second-order valence-electron chi connectivity index (χ2n) is 5.80. The van der Waals surface area contributed by atoms with Gasteiger partial charge in [0.1, 0.15) is 0 Å². The Balaban J connectivity index is 1.72. The Morgan fingerprint density at radius 1 is 1.50 bits per heavy atom. The maximum Gasteiger partial charge on any atom is 0.0417 e. The van der Waals surface area contributed by atoms with Crippen molar-refractivity contribution in [3.8, 4) is 0 Å². The van der Waals surface area contributed by atoms with E-state index in [2.05, 4.69) is 41.6 Å². The summed E-state index contributed by atoms with van der Waals surface area (Å²) in [4.78, 5) is 4.26. The largest absolute Gasteiger partial charge is 0.311 e. The molecule has 1 saturated heterocycles. The van der Waals surface area contributed by atoms with Crippen LogP contribution in [0.15, 0.2) is 17.5 Å². The van der Waals surface area contributed by atoms with E-state index in [-0.39, 0.29) is 0 Å². The van der Waals surface area contributed by atoms with Crippen LogP contribution < -0.4 is 5.32 Å². The first-order valence-corrected chi connectivity index (χ1v) is 8.20. The van der Waals surface area contributed by atoms with Gasteiger partial charge in [-0.2, -0.15) is 0 Å². The molecule has 1 aromatic rings. The van der Waals surface area contributed by atoms with Crippen molar-refractivity contribution in [2.45, 2.75) is 51.2 Å². The molecule has 1 N–H and O–H groups in total. The Hall–Kier alpha value is -0.380. The van der Waals surface area contributed by atoms with E-state index in [1.54, 1.807) is 0 Å².